The Bertz CT molecular complexity index is 914. The van der Waals surface area contributed by atoms with Crippen LogP contribution in [-0.4, -0.2) is 34.8 Å². The summed E-state index contributed by atoms with van der Waals surface area (Å²) in [6.07, 6.45) is 4.96. The van der Waals surface area contributed by atoms with Gasteiger partial charge in [-0.2, -0.15) is 0 Å². The number of nitrogens with one attached hydrogen (secondary N) is 1. The van der Waals surface area contributed by atoms with Gasteiger partial charge in [0.05, 0.1) is 18.2 Å². The number of rotatable bonds is 8. The molecule has 7 nitrogen and oxygen atoms in total. The first kappa shape index (κ1) is 27.3. The topological polar surface area (TPSA) is 122 Å². The Morgan fingerprint density at radius 2 is 1.65 bits per heavy atom. The zero-order chi connectivity index (χ0) is 25.4. The molecule has 0 aromatic heterocycles. The molecule has 0 unspecified atom stereocenters. The van der Waals surface area contributed by atoms with Gasteiger partial charge in [-0.05, 0) is 56.9 Å². The van der Waals surface area contributed by atoms with Gasteiger partial charge in [-0.1, -0.05) is 62.2 Å². The summed E-state index contributed by atoms with van der Waals surface area (Å²) < 4.78 is 6.04. The van der Waals surface area contributed by atoms with Crippen LogP contribution in [0.5, 0.6) is 5.75 Å². The van der Waals surface area contributed by atoms with Crippen molar-refractivity contribution in [1.29, 1.82) is 0 Å². The van der Waals surface area contributed by atoms with Crippen molar-refractivity contribution in [1.82, 2.24) is 5.32 Å². The van der Waals surface area contributed by atoms with Gasteiger partial charge in [-0.3, -0.25) is 9.59 Å². The molecule has 0 radical (unpaired) electrons. The van der Waals surface area contributed by atoms with Gasteiger partial charge in [-0.25, -0.2) is 0 Å². The zero-order valence-corrected chi connectivity index (χ0v) is 20.6. The lowest BCUT2D eigenvalue weighted by atomic mass is 9.88. The maximum absolute atomic E-state index is 13.1. The van der Waals surface area contributed by atoms with Gasteiger partial charge < -0.3 is 26.0 Å². The van der Waals surface area contributed by atoms with Crippen LogP contribution in [0.15, 0.2) is 54.6 Å². The first-order chi connectivity index (χ1) is 15.9. The number of carbonyl (C=O) groups is 2. The lowest BCUT2D eigenvalue weighted by molar-refractivity contribution is -0.129. The number of carbonyl (C=O) groups excluding carboxylic acids is 1. The van der Waals surface area contributed by atoms with Crippen LogP contribution in [0.4, 0.5) is 0 Å². The van der Waals surface area contributed by atoms with Gasteiger partial charge in [0.15, 0.2) is 0 Å². The standard InChI is InChI=1S/C26H36N2O3.CH2O2/c1-24(2,30)22(28-23(29)26(4,27)20-10-6-5-7-11-20)19-12-14-21(15-13-19)31-18-25(3)16-8-9-17-25;2-1-3/h5-7,10-15,22,30H,8-9,16-18,27H2,1-4H3,(H,28,29);1H,(H,2,3)/t22-,26-;/m1./s1. The van der Waals surface area contributed by atoms with Gasteiger partial charge in [0, 0.05) is 5.41 Å². The second-order valence-electron chi connectivity index (χ2n) is 10.1. The molecule has 2 aromatic rings. The number of carboxylic acid groups (broad SMARTS) is 1. The van der Waals surface area contributed by atoms with Crippen LogP contribution in [-0.2, 0) is 15.1 Å². The van der Waals surface area contributed by atoms with E-state index < -0.39 is 17.2 Å². The first-order valence-electron chi connectivity index (χ1n) is 11.6. The lowest BCUT2D eigenvalue weighted by Gasteiger charge is -2.34. The second kappa shape index (κ2) is 11.5. The second-order valence-corrected chi connectivity index (χ2v) is 10.1. The normalized spacial score (nSPS) is 17.5. The predicted molar refractivity (Wildman–Crippen MR) is 132 cm³/mol. The smallest absolute Gasteiger partial charge is 0.290 e. The third kappa shape index (κ3) is 7.30. The van der Waals surface area contributed by atoms with Gasteiger partial charge >= 0.3 is 0 Å². The molecule has 0 heterocycles. The van der Waals surface area contributed by atoms with Gasteiger partial charge in [0.2, 0.25) is 5.91 Å². The maximum Gasteiger partial charge on any atom is 0.290 e. The number of benzene rings is 2. The highest BCUT2D eigenvalue weighted by Crippen LogP contribution is 2.38. The van der Waals surface area contributed by atoms with E-state index in [9.17, 15) is 9.90 Å². The van der Waals surface area contributed by atoms with Crippen molar-refractivity contribution in [3.63, 3.8) is 0 Å². The zero-order valence-electron chi connectivity index (χ0n) is 20.6. The SMILES string of the molecule is CC1(COc2ccc([C@@H](NC(=O)[C@](C)(N)c3ccccc3)C(C)(C)O)cc2)CCCC1.O=CO. The monoisotopic (exact) mass is 470 g/mol. The third-order valence-electron chi connectivity index (χ3n) is 6.44. The van der Waals surface area contributed by atoms with Gasteiger partial charge in [0.1, 0.15) is 11.3 Å². The number of amides is 1. The molecule has 0 bridgehead atoms. The van der Waals surface area contributed by atoms with E-state index in [1.807, 2.05) is 54.6 Å². The number of aliphatic hydroxyl groups is 1. The molecular formula is C27H38N2O5. The molecule has 1 aliphatic rings. The third-order valence-corrected chi connectivity index (χ3v) is 6.44. The summed E-state index contributed by atoms with van der Waals surface area (Å²) in [6, 6.07) is 16.2. The van der Waals surface area contributed by atoms with Crippen LogP contribution >= 0.6 is 0 Å². The lowest BCUT2D eigenvalue weighted by Crippen LogP contribution is -2.53. The van der Waals surface area contributed by atoms with Crippen LogP contribution in [0.2, 0.25) is 0 Å². The molecule has 1 aliphatic carbocycles. The van der Waals surface area contributed by atoms with Crippen molar-refractivity contribution in [2.75, 3.05) is 6.61 Å². The molecule has 7 heteroatoms. The molecule has 5 N–H and O–H groups in total. The molecule has 1 fully saturated rings. The van der Waals surface area contributed by atoms with Gasteiger partial charge in [0.25, 0.3) is 6.47 Å². The molecule has 0 aliphatic heterocycles. The van der Waals surface area contributed by atoms with Crippen LogP contribution in [0, 0.1) is 5.41 Å². The molecule has 3 rings (SSSR count). The molecular weight excluding hydrogens is 432 g/mol. The van der Waals surface area contributed by atoms with Crippen LogP contribution in [0.25, 0.3) is 0 Å². The number of hydrogen-bond donors (Lipinski definition) is 4. The highest BCUT2D eigenvalue weighted by atomic mass is 16.5. The van der Waals surface area contributed by atoms with E-state index in [2.05, 4.69) is 12.2 Å². The average molecular weight is 471 g/mol. The molecule has 2 aromatic carbocycles. The Balaban J connectivity index is 0.00000129. The Hall–Kier alpha value is -2.90. The molecule has 2 atom stereocenters. The van der Waals surface area contributed by atoms with E-state index in [-0.39, 0.29) is 17.8 Å². The minimum Gasteiger partial charge on any atom is -0.493 e. The quantitative estimate of drug-likeness (QED) is 0.430. The number of ether oxygens (including phenoxy) is 1. The molecule has 186 valence electrons. The van der Waals surface area contributed by atoms with Crippen molar-refractivity contribution >= 4 is 12.4 Å². The molecule has 34 heavy (non-hydrogen) atoms. The minimum absolute atomic E-state index is 0.250. The minimum atomic E-state index is -1.22. The fraction of sp³-hybridized carbons (Fsp3) is 0.481. The van der Waals surface area contributed by atoms with E-state index in [0.717, 1.165) is 11.3 Å². The van der Waals surface area contributed by atoms with E-state index in [0.29, 0.717) is 12.2 Å². The van der Waals surface area contributed by atoms with E-state index in [4.69, 9.17) is 20.4 Å². The number of hydrogen-bond acceptors (Lipinski definition) is 5. The largest absolute Gasteiger partial charge is 0.493 e. The van der Waals surface area contributed by atoms with Crippen molar-refractivity contribution in [3.8, 4) is 5.75 Å². The summed E-state index contributed by atoms with van der Waals surface area (Å²) in [7, 11) is 0. The Labute approximate surface area is 202 Å². The summed E-state index contributed by atoms with van der Waals surface area (Å²) in [4.78, 5) is 21.4. The number of nitrogens with two attached hydrogens (primary N) is 1. The van der Waals surface area contributed by atoms with Crippen LogP contribution in [0.1, 0.15) is 70.5 Å². The van der Waals surface area contributed by atoms with E-state index in [1.54, 1.807) is 20.8 Å². The van der Waals surface area contributed by atoms with Crippen molar-refractivity contribution in [2.45, 2.75) is 70.6 Å². The molecule has 1 saturated carbocycles. The fourth-order valence-electron chi connectivity index (χ4n) is 4.25. The molecule has 0 saturated heterocycles. The summed E-state index contributed by atoms with van der Waals surface area (Å²) in [5.74, 6) is 0.450. The maximum atomic E-state index is 13.1. The Morgan fingerprint density at radius 3 is 2.15 bits per heavy atom. The first-order valence-corrected chi connectivity index (χ1v) is 11.6. The van der Waals surface area contributed by atoms with Crippen molar-refractivity contribution in [2.24, 2.45) is 11.1 Å². The summed E-state index contributed by atoms with van der Waals surface area (Å²) >= 11 is 0. The Kier molecular flexibility index (Phi) is 9.24. The van der Waals surface area contributed by atoms with Crippen LogP contribution < -0.4 is 15.8 Å². The van der Waals surface area contributed by atoms with E-state index in [1.165, 1.54) is 25.7 Å². The highest BCUT2D eigenvalue weighted by molar-refractivity contribution is 5.87. The average Bonchev–Trinajstić information content (AvgIpc) is 3.23. The van der Waals surface area contributed by atoms with Gasteiger partial charge in [-0.15, -0.1) is 0 Å². The van der Waals surface area contributed by atoms with Crippen LogP contribution in [0.3, 0.4) is 0 Å². The predicted octanol–water partition coefficient (Wildman–Crippen LogP) is 4.15. The van der Waals surface area contributed by atoms with E-state index >= 15 is 0 Å². The molecule has 0 spiro atoms. The highest BCUT2D eigenvalue weighted by Gasteiger charge is 2.36. The summed E-state index contributed by atoms with van der Waals surface area (Å²) in [6.45, 7) is 7.78. The fourth-order valence-corrected chi connectivity index (χ4v) is 4.25. The van der Waals surface area contributed by atoms with Crippen molar-refractivity contribution < 1.29 is 24.5 Å². The summed E-state index contributed by atoms with van der Waals surface area (Å²) in [5, 5.41) is 20.6. The summed E-state index contributed by atoms with van der Waals surface area (Å²) in [5.41, 5.74) is 5.74. The molecule has 1 amide bonds. The van der Waals surface area contributed by atoms with Crippen molar-refractivity contribution in [3.05, 3.63) is 65.7 Å². The Morgan fingerprint density at radius 1 is 1.12 bits per heavy atom.